The quantitative estimate of drug-likeness (QED) is 0.659. The minimum atomic E-state index is -3.51. The second-order valence-electron chi connectivity index (χ2n) is 8.72. The van der Waals surface area contributed by atoms with Crippen molar-refractivity contribution >= 4 is 21.6 Å². The third-order valence-corrected chi connectivity index (χ3v) is 8.17. The maximum atomic E-state index is 12.7. The average Bonchev–Trinajstić information content (AvgIpc) is 2.82. The van der Waals surface area contributed by atoms with Crippen LogP contribution in [0.25, 0.3) is 0 Å². The Bertz CT molecular complexity index is 1150. The number of nitrogens with zero attached hydrogens (tertiary/aromatic N) is 2. The average molecular weight is 470 g/mol. The fourth-order valence-corrected chi connectivity index (χ4v) is 5.89. The van der Waals surface area contributed by atoms with E-state index in [-0.39, 0.29) is 17.2 Å². The fourth-order valence-electron chi connectivity index (χ4n) is 4.48. The highest BCUT2D eigenvalue weighted by Gasteiger charge is 2.26. The van der Waals surface area contributed by atoms with E-state index in [0.717, 1.165) is 36.1 Å². The van der Waals surface area contributed by atoms with Crippen LogP contribution in [-0.2, 0) is 32.4 Å². The Hall–Kier alpha value is -2.55. The number of amides is 1. The summed E-state index contributed by atoms with van der Waals surface area (Å²) in [5, 5.41) is 4.44. The lowest BCUT2D eigenvalue weighted by Gasteiger charge is -2.26. The van der Waals surface area contributed by atoms with E-state index in [2.05, 4.69) is 36.5 Å². The van der Waals surface area contributed by atoms with Crippen LogP contribution < -0.4 is 5.43 Å². The molecule has 8 heteroatoms. The fraction of sp³-hybridized carbons (Fsp3) is 0.440. The number of benzene rings is 2. The molecule has 0 aromatic heterocycles. The topological polar surface area (TPSA) is 88.1 Å². The molecule has 0 saturated carbocycles. The van der Waals surface area contributed by atoms with Gasteiger partial charge in [0.25, 0.3) is 0 Å². The second-order valence-corrected chi connectivity index (χ2v) is 10.7. The summed E-state index contributed by atoms with van der Waals surface area (Å²) in [7, 11) is -3.51. The number of ether oxygens (including phenoxy) is 1. The zero-order chi connectivity index (χ0) is 23.4. The summed E-state index contributed by atoms with van der Waals surface area (Å²) >= 11 is 0. The number of morpholine rings is 1. The monoisotopic (exact) mass is 469 g/mol. The number of hydrazone groups is 1. The van der Waals surface area contributed by atoms with Crippen molar-refractivity contribution in [1.82, 2.24) is 9.73 Å². The molecule has 33 heavy (non-hydrogen) atoms. The molecule has 0 atom stereocenters. The van der Waals surface area contributed by atoms with Gasteiger partial charge in [0.15, 0.2) is 0 Å². The van der Waals surface area contributed by atoms with Crippen molar-refractivity contribution in [3.8, 4) is 0 Å². The lowest BCUT2D eigenvalue weighted by molar-refractivity contribution is -0.121. The normalized spacial score (nSPS) is 18.2. The molecule has 1 amide bonds. The van der Waals surface area contributed by atoms with Crippen LogP contribution in [0.5, 0.6) is 0 Å². The zero-order valence-corrected chi connectivity index (χ0v) is 20.1. The van der Waals surface area contributed by atoms with Gasteiger partial charge >= 0.3 is 0 Å². The predicted molar refractivity (Wildman–Crippen MR) is 128 cm³/mol. The van der Waals surface area contributed by atoms with E-state index in [0.29, 0.717) is 32.7 Å². The molecule has 1 aliphatic heterocycles. The summed E-state index contributed by atoms with van der Waals surface area (Å²) in [6.07, 6.45) is 3.74. The highest BCUT2D eigenvalue weighted by Crippen LogP contribution is 2.26. The van der Waals surface area contributed by atoms with Crippen molar-refractivity contribution in [2.24, 2.45) is 5.10 Å². The summed E-state index contributed by atoms with van der Waals surface area (Å²) in [5.41, 5.74) is 9.52. The SMILES string of the molecule is Cc1cc(C)c2c(c1)/C(=N/NC(=O)CCc1ccc(S(=O)(=O)N3CCOCC3)cc1)CCC2. The van der Waals surface area contributed by atoms with Crippen molar-refractivity contribution in [3.63, 3.8) is 0 Å². The second kappa shape index (κ2) is 10.2. The number of carbonyl (C=O) groups excluding carboxylic acids is 1. The number of aryl methyl sites for hydroxylation is 3. The summed E-state index contributed by atoms with van der Waals surface area (Å²) < 4.78 is 32.1. The van der Waals surface area contributed by atoms with Gasteiger partial charge in [-0.05, 0) is 74.4 Å². The van der Waals surface area contributed by atoms with Crippen molar-refractivity contribution in [2.75, 3.05) is 26.3 Å². The van der Waals surface area contributed by atoms with Gasteiger partial charge in [0.1, 0.15) is 0 Å². The van der Waals surface area contributed by atoms with E-state index in [9.17, 15) is 13.2 Å². The summed E-state index contributed by atoms with van der Waals surface area (Å²) in [5.74, 6) is -0.149. The van der Waals surface area contributed by atoms with Gasteiger partial charge in [-0.15, -0.1) is 0 Å². The van der Waals surface area contributed by atoms with E-state index in [1.165, 1.54) is 21.0 Å². The van der Waals surface area contributed by atoms with Crippen molar-refractivity contribution in [1.29, 1.82) is 0 Å². The molecule has 176 valence electrons. The highest BCUT2D eigenvalue weighted by molar-refractivity contribution is 7.89. The molecule has 2 aromatic rings. The Morgan fingerprint density at radius 1 is 1.09 bits per heavy atom. The molecule has 0 radical (unpaired) electrons. The number of sulfonamides is 1. The van der Waals surface area contributed by atoms with E-state index in [4.69, 9.17) is 4.74 Å². The van der Waals surface area contributed by atoms with Crippen LogP contribution in [0.15, 0.2) is 46.4 Å². The van der Waals surface area contributed by atoms with E-state index in [1.807, 2.05) is 0 Å². The van der Waals surface area contributed by atoms with E-state index >= 15 is 0 Å². The van der Waals surface area contributed by atoms with Crippen LogP contribution in [0, 0.1) is 13.8 Å². The van der Waals surface area contributed by atoms with Gasteiger partial charge < -0.3 is 4.74 Å². The minimum absolute atomic E-state index is 0.149. The number of carbonyl (C=O) groups is 1. The molecule has 2 aromatic carbocycles. The number of hydrogen-bond donors (Lipinski definition) is 1. The maximum absolute atomic E-state index is 12.7. The van der Waals surface area contributed by atoms with Crippen molar-refractivity contribution in [2.45, 2.75) is 50.8 Å². The molecule has 1 N–H and O–H groups in total. The van der Waals surface area contributed by atoms with Crippen LogP contribution in [0.3, 0.4) is 0 Å². The Kier molecular flexibility index (Phi) is 7.26. The minimum Gasteiger partial charge on any atom is -0.379 e. The Labute approximate surface area is 195 Å². The van der Waals surface area contributed by atoms with E-state index < -0.39 is 10.0 Å². The van der Waals surface area contributed by atoms with Crippen LogP contribution >= 0.6 is 0 Å². The largest absolute Gasteiger partial charge is 0.379 e. The third kappa shape index (κ3) is 5.51. The lowest BCUT2D eigenvalue weighted by atomic mass is 9.86. The van der Waals surface area contributed by atoms with Gasteiger partial charge in [-0.1, -0.05) is 23.8 Å². The van der Waals surface area contributed by atoms with Crippen molar-refractivity contribution in [3.05, 3.63) is 64.2 Å². The smallest absolute Gasteiger partial charge is 0.243 e. The molecular formula is C25H31N3O4S. The van der Waals surface area contributed by atoms with Gasteiger partial charge in [0, 0.05) is 25.1 Å². The molecule has 1 saturated heterocycles. The molecule has 4 rings (SSSR count). The lowest BCUT2D eigenvalue weighted by Crippen LogP contribution is -2.40. The molecule has 1 heterocycles. The standard InChI is InChI=1S/C25H31N3O4S/c1-18-16-19(2)22-4-3-5-24(23(22)17-18)26-27-25(29)11-8-20-6-9-21(10-7-20)33(30,31)28-12-14-32-15-13-28/h6-7,9-10,16-17H,3-5,8,11-15H2,1-2H3,(H,27,29)/b26-24+. The number of fused-ring (bicyclic) bond motifs is 1. The zero-order valence-electron chi connectivity index (χ0n) is 19.3. The van der Waals surface area contributed by atoms with Gasteiger partial charge in [-0.2, -0.15) is 9.41 Å². The summed E-state index contributed by atoms with van der Waals surface area (Å²) in [4.78, 5) is 12.7. The van der Waals surface area contributed by atoms with Gasteiger partial charge in [0.2, 0.25) is 15.9 Å². The van der Waals surface area contributed by atoms with Crippen LogP contribution in [-0.4, -0.2) is 50.6 Å². The third-order valence-electron chi connectivity index (χ3n) is 6.26. The first kappa shape index (κ1) is 23.6. The first-order valence-electron chi connectivity index (χ1n) is 11.5. The highest BCUT2D eigenvalue weighted by atomic mass is 32.2. The maximum Gasteiger partial charge on any atom is 0.243 e. The number of rotatable bonds is 6. The molecular weight excluding hydrogens is 438 g/mol. The Balaban J connectivity index is 1.35. The molecule has 0 bridgehead atoms. The van der Waals surface area contributed by atoms with Gasteiger partial charge in [-0.3, -0.25) is 4.79 Å². The molecule has 0 unspecified atom stereocenters. The van der Waals surface area contributed by atoms with Crippen molar-refractivity contribution < 1.29 is 17.9 Å². The first-order valence-corrected chi connectivity index (χ1v) is 12.9. The van der Waals surface area contributed by atoms with E-state index in [1.54, 1.807) is 24.3 Å². The molecule has 2 aliphatic rings. The molecule has 7 nitrogen and oxygen atoms in total. The first-order chi connectivity index (χ1) is 15.8. The van der Waals surface area contributed by atoms with Crippen LogP contribution in [0.1, 0.15) is 47.1 Å². The Morgan fingerprint density at radius 3 is 2.55 bits per heavy atom. The Morgan fingerprint density at radius 2 is 1.82 bits per heavy atom. The number of hydrogen-bond acceptors (Lipinski definition) is 5. The predicted octanol–water partition coefficient (Wildman–Crippen LogP) is 3.11. The van der Waals surface area contributed by atoms with Gasteiger partial charge in [-0.25, -0.2) is 13.8 Å². The molecule has 0 spiro atoms. The van der Waals surface area contributed by atoms with Crippen LogP contribution in [0.4, 0.5) is 0 Å². The molecule has 1 fully saturated rings. The summed E-state index contributed by atoms with van der Waals surface area (Å²) in [6.45, 7) is 5.79. The summed E-state index contributed by atoms with van der Waals surface area (Å²) in [6, 6.07) is 11.1. The number of nitrogens with one attached hydrogen (secondary N) is 1. The molecule has 1 aliphatic carbocycles. The van der Waals surface area contributed by atoms with Gasteiger partial charge in [0.05, 0.1) is 23.8 Å². The van der Waals surface area contributed by atoms with Crippen LogP contribution in [0.2, 0.25) is 0 Å².